The number of carbonyl (C=O) groups is 2. The van der Waals surface area contributed by atoms with Gasteiger partial charge in [0.05, 0.1) is 0 Å². The number of urea groups is 1. The minimum absolute atomic E-state index is 0.0365. The van der Waals surface area contributed by atoms with E-state index in [1.807, 2.05) is 0 Å². The molecule has 1 fully saturated rings. The van der Waals surface area contributed by atoms with Gasteiger partial charge in [0.15, 0.2) is 0 Å². The summed E-state index contributed by atoms with van der Waals surface area (Å²) in [5.41, 5.74) is 5.83. The fourth-order valence-electron chi connectivity index (χ4n) is 2.32. The lowest BCUT2D eigenvalue weighted by Crippen LogP contribution is -2.47. The van der Waals surface area contributed by atoms with Crippen molar-refractivity contribution in [2.75, 3.05) is 13.1 Å². The standard InChI is InChI=1S/C15H17Cl2N3O2/c16-12-2-1-3-13(17)11(12)4-5-14(21)19-10-6-8-20(9-7-10)15(18)22/h1-5,10H,6-9H2,(H2,18,22)(H,19,21)/b5-4+. The molecule has 1 aliphatic rings. The minimum Gasteiger partial charge on any atom is -0.351 e. The molecule has 1 aromatic rings. The SMILES string of the molecule is NC(=O)N1CCC(NC(=O)/C=C/c2c(Cl)cccc2Cl)CC1. The Morgan fingerprint density at radius 2 is 1.82 bits per heavy atom. The van der Waals surface area contributed by atoms with Gasteiger partial charge in [-0.05, 0) is 31.1 Å². The molecule has 0 aromatic heterocycles. The van der Waals surface area contributed by atoms with E-state index in [0.29, 0.717) is 41.5 Å². The second-order valence-corrected chi connectivity index (χ2v) is 5.89. The lowest BCUT2D eigenvalue weighted by atomic mass is 10.1. The Labute approximate surface area is 139 Å². The van der Waals surface area contributed by atoms with Gasteiger partial charge in [0.1, 0.15) is 0 Å². The van der Waals surface area contributed by atoms with Crippen LogP contribution in [0.5, 0.6) is 0 Å². The van der Waals surface area contributed by atoms with Crippen molar-refractivity contribution in [3.05, 3.63) is 39.9 Å². The number of primary amides is 1. The summed E-state index contributed by atoms with van der Waals surface area (Å²) >= 11 is 12.1. The van der Waals surface area contributed by atoms with Gasteiger partial charge in [-0.3, -0.25) is 4.79 Å². The molecule has 1 aliphatic heterocycles. The van der Waals surface area contributed by atoms with E-state index in [2.05, 4.69) is 5.32 Å². The predicted octanol–water partition coefficient (Wildman–Crippen LogP) is 2.67. The fourth-order valence-corrected chi connectivity index (χ4v) is 2.85. The summed E-state index contributed by atoms with van der Waals surface area (Å²) in [6.45, 7) is 1.11. The zero-order chi connectivity index (χ0) is 16.1. The van der Waals surface area contributed by atoms with Crippen molar-refractivity contribution in [3.63, 3.8) is 0 Å². The molecule has 0 aliphatic carbocycles. The lowest BCUT2D eigenvalue weighted by Gasteiger charge is -2.30. The van der Waals surface area contributed by atoms with Crippen LogP contribution in [0.15, 0.2) is 24.3 Å². The highest BCUT2D eigenvalue weighted by molar-refractivity contribution is 6.37. The van der Waals surface area contributed by atoms with E-state index in [0.717, 1.165) is 0 Å². The van der Waals surface area contributed by atoms with Crippen LogP contribution < -0.4 is 11.1 Å². The zero-order valence-electron chi connectivity index (χ0n) is 11.9. The molecular weight excluding hydrogens is 325 g/mol. The maximum Gasteiger partial charge on any atom is 0.314 e. The van der Waals surface area contributed by atoms with Crippen molar-refractivity contribution in [3.8, 4) is 0 Å². The Morgan fingerprint density at radius 1 is 1.23 bits per heavy atom. The topological polar surface area (TPSA) is 75.4 Å². The van der Waals surface area contributed by atoms with Crippen molar-refractivity contribution in [2.24, 2.45) is 5.73 Å². The number of rotatable bonds is 3. The average Bonchev–Trinajstić information content (AvgIpc) is 2.47. The summed E-state index contributed by atoms with van der Waals surface area (Å²) in [6.07, 6.45) is 4.39. The van der Waals surface area contributed by atoms with Crippen LogP contribution in [-0.4, -0.2) is 36.0 Å². The second-order valence-electron chi connectivity index (χ2n) is 5.08. The van der Waals surface area contributed by atoms with Crippen molar-refractivity contribution in [1.29, 1.82) is 0 Å². The predicted molar refractivity (Wildman–Crippen MR) is 87.8 cm³/mol. The quantitative estimate of drug-likeness (QED) is 0.829. The van der Waals surface area contributed by atoms with E-state index in [9.17, 15) is 9.59 Å². The number of nitrogens with two attached hydrogens (primary N) is 1. The molecule has 0 atom stereocenters. The van der Waals surface area contributed by atoms with Gasteiger partial charge in [-0.25, -0.2) is 4.79 Å². The summed E-state index contributed by atoms with van der Waals surface area (Å²) in [4.78, 5) is 24.5. The molecule has 5 nitrogen and oxygen atoms in total. The number of hydrogen-bond acceptors (Lipinski definition) is 2. The van der Waals surface area contributed by atoms with Crippen molar-refractivity contribution < 1.29 is 9.59 Å². The number of piperidine rings is 1. The van der Waals surface area contributed by atoms with Crippen LogP contribution in [0.2, 0.25) is 10.0 Å². The number of likely N-dealkylation sites (tertiary alicyclic amines) is 1. The molecule has 2 rings (SSSR count). The van der Waals surface area contributed by atoms with Crippen LogP contribution in [0.1, 0.15) is 18.4 Å². The number of nitrogens with one attached hydrogen (secondary N) is 1. The van der Waals surface area contributed by atoms with E-state index in [1.165, 1.54) is 6.08 Å². The largest absolute Gasteiger partial charge is 0.351 e. The molecule has 22 heavy (non-hydrogen) atoms. The molecule has 118 valence electrons. The van der Waals surface area contributed by atoms with Gasteiger partial charge in [-0.15, -0.1) is 0 Å². The molecule has 0 radical (unpaired) electrons. The summed E-state index contributed by atoms with van der Waals surface area (Å²) in [7, 11) is 0. The van der Waals surface area contributed by atoms with E-state index in [-0.39, 0.29) is 11.9 Å². The first-order valence-corrected chi connectivity index (χ1v) is 7.70. The lowest BCUT2D eigenvalue weighted by molar-refractivity contribution is -0.117. The van der Waals surface area contributed by atoms with E-state index < -0.39 is 6.03 Å². The smallest absolute Gasteiger partial charge is 0.314 e. The van der Waals surface area contributed by atoms with Crippen molar-refractivity contribution in [1.82, 2.24) is 10.2 Å². The highest BCUT2D eigenvalue weighted by Gasteiger charge is 2.21. The van der Waals surface area contributed by atoms with Gasteiger partial charge < -0.3 is 16.0 Å². The molecule has 7 heteroatoms. The molecular formula is C15H17Cl2N3O2. The molecule has 0 saturated carbocycles. The summed E-state index contributed by atoms with van der Waals surface area (Å²) in [5, 5.41) is 3.88. The Bertz CT molecular complexity index is 576. The summed E-state index contributed by atoms with van der Waals surface area (Å²) < 4.78 is 0. The van der Waals surface area contributed by atoms with Crippen LogP contribution in [0.4, 0.5) is 4.79 Å². The third-order valence-electron chi connectivity index (χ3n) is 3.55. The van der Waals surface area contributed by atoms with Gasteiger partial charge in [-0.2, -0.15) is 0 Å². The third-order valence-corrected chi connectivity index (χ3v) is 4.21. The van der Waals surface area contributed by atoms with Crippen LogP contribution in [0.3, 0.4) is 0 Å². The van der Waals surface area contributed by atoms with Crippen LogP contribution in [0, 0.1) is 0 Å². The number of benzene rings is 1. The second kappa shape index (κ2) is 7.51. The number of hydrogen-bond donors (Lipinski definition) is 2. The van der Waals surface area contributed by atoms with Crippen LogP contribution in [0.25, 0.3) is 6.08 Å². The maximum absolute atomic E-state index is 11.9. The molecule has 3 amide bonds. The third kappa shape index (κ3) is 4.39. The number of amides is 3. The van der Waals surface area contributed by atoms with Gasteiger partial charge in [0, 0.05) is 40.8 Å². The first-order chi connectivity index (χ1) is 10.5. The van der Waals surface area contributed by atoms with Gasteiger partial charge in [0.2, 0.25) is 5.91 Å². The fraction of sp³-hybridized carbons (Fsp3) is 0.333. The zero-order valence-corrected chi connectivity index (χ0v) is 13.4. The number of carbonyl (C=O) groups excluding carboxylic acids is 2. The van der Waals surface area contributed by atoms with Gasteiger partial charge >= 0.3 is 6.03 Å². The first-order valence-electron chi connectivity index (χ1n) is 6.94. The summed E-state index contributed by atoms with van der Waals surface area (Å²) in [6, 6.07) is 4.79. The normalized spacial score (nSPS) is 16.0. The Morgan fingerprint density at radius 3 is 2.36 bits per heavy atom. The molecule has 1 saturated heterocycles. The summed E-state index contributed by atoms with van der Waals surface area (Å²) in [5.74, 6) is -0.214. The molecule has 0 unspecified atom stereocenters. The highest BCUT2D eigenvalue weighted by atomic mass is 35.5. The highest BCUT2D eigenvalue weighted by Crippen LogP contribution is 2.25. The Balaban J connectivity index is 1.89. The van der Waals surface area contributed by atoms with Crippen LogP contribution in [-0.2, 0) is 4.79 Å². The van der Waals surface area contributed by atoms with E-state index in [4.69, 9.17) is 28.9 Å². The molecule has 1 heterocycles. The minimum atomic E-state index is -0.418. The molecule has 3 N–H and O–H groups in total. The van der Waals surface area contributed by atoms with Crippen molar-refractivity contribution in [2.45, 2.75) is 18.9 Å². The van der Waals surface area contributed by atoms with Crippen molar-refractivity contribution >= 4 is 41.2 Å². The Kier molecular flexibility index (Phi) is 5.69. The van der Waals surface area contributed by atoms with Gasteiger partial charge in [0.25, 0.3) is 0 Å². The monoisotopic (exact) mass is 341 g/mol. The van der Waals surface area contributed by atoms with Gasteiger partial charge in [-0.1, -0.05) is 29.3 Å². The van der Waals surface area contributed by atoms with E-state index >= 15 is 0 Å². The molecule has 0 spiro atoms. The van der Waals surface area contributed by atoms with Crippen LogP contribution >= 0.6 is 23.2 Å². The number of nitrogens with zero attached hydrogens (tertiary/aromatic N) is 1. The molecule has 1 aromatic carbocycles. The Hall–Kier alpha value is -1.72. The first kappa shape index (κ1) is 16.6. The maximum atomic E-state index is 11.9. The van der Waals surface area contributed by atoms with E-state index in [1.54, 1.807) is 29.2 Å². The average molecular weight is 342 g/mol. The number of halogens is 2. The molecule has 0 bridgehead atoms.